The van der Waals surface area contributed by atoms with Crippen molar-refractivity contribution < 1.29 is 14.6 Å². The number of ketones is 1. The number of benzene rings is 1. The Hall–Kier alpha value is -1.97. The van der Waals surface area contributed by atoms with E-state index in [0.29, 0.717) is 0 Å². The first-order chi connectivity index (χ1) is 7.11. The SMILES string of the molecule is Cc1ccccc1C1OC(N)=C(O)C1=O. The predicted octanol–water partition coefficient (Wildman–Crippen LogP) is 1.32. The van der Waals surface area contributed by atoms with Gasteiger partial charge in [-0.3, -0.25) is 4.79 Å². The average molecular weight is 205 g/mol. The largest absolute Gasteiger partial charge is 0.501 e. The molecule has 1 aliphatic rings. The van der Waals surface area contributed by atoms with E-state index in [0.717, 1.165) is 11.1 Å². The van der Waals surface area contributed by atoms with Crippen molar-refractivity contribution in [1.29, 1.82) is 0 Å². The standard InChI is InChI=1S/C11H11NO3/c1-6-4-2-3-5-7(6)10-8(13)9(14)11(12)15-10/h2-5,10,14H,12H2,1H3. The van der Waals surface area contributed by atoms with Crippen LogP contribution in [0.4, 0.5) is 0 Å². The summed E-state index contributed by atoms with van der Waals surface area (Å²) in [5.74, 6) is -1.17. The van der Waals surface area contributed by atoms with Crippen LogP contribution in [-0.4, -0.2) is 10.9 Å². The molecule has 0 spiro atoms. The molecule has 4 heteroatoms. The van der Waals surface area contributed by atoms with Crippen molar-refractivity contribution in [3.8, 4) is 0 Å². The number of aryl methyl sites for hydroxylation is 1. The first-order valence-corrected chi connectivity index (χ1v) is 4.56. The van der Waals surface area contributed by atoms with Gasteiger partial charge in [-0.2, -0.15) is 0 Å². The first kappa shape index (κ1) is 9.58. The maximum absolute atomic E-state index is 11.6. The average Bonchev–Trinajstić information content (AvgIpc) is 2.47. The summed E-state index contributed by atoms with van der Waals surface area (Å²) in [7, 11) is 0. The Kier molecular flexibility index (Phi) is 2.11. The first-order valence-electron chi connectivity index (χ1n) is 4.56. The number of nitrogens with two attached hydrogens (primary N) is 1. The Bertz CT molecular complexity index is 451. The second kappa shape index (κ2) is 3.31. The molecule has 0 amide bonds. The predicted molar refractivity (Wildman–Crippen MR) is 53.9 cm³/mol. The van der Waals surface area contributed by atoms with Crippen molar-refractivity contribution >= 4 is 5.78 Å². The van der Waals surface area contributed by atoms with Gasteiger partial charge in [0, 0.05) is 5.56 Å². The van der Waals surface area contributed by atoms with Gasteiger partial charge >= 0.3 is 0 Å². The van der Waals surface area contributed by atoms with E-state index in [4.69, 9.17) is 10.5 Å². The number of hydrogen-bond donors (Lipinski definition) is 2. The third-order valence-corrected chi connectivity index (χ3v) is 2.42. The number of hydrogen-bond acceptors (Lipinski definition) is 4. The van der Waals surface area contributed by atoms with E-state index >= 15 is 0 Å². The summed E-state index contributed by atoms with van der Waals surface area (Å²) in [6, 6.07) is 7.33. The minimum atomic E-state index is -0.800. The molecule has 0 bridgehead atoms. The second-order valence-electron chi connectivity index (χ2n) is 3.43. The number of rotatable bonds is 1. The monoisotopic (exact) mass is 205 g/mol. The van der Waals surface area contributed by atoms with E-state index in [-0.39, 0.29) is 5.88 Å². The highest BCUT2D eigenvalue weighted by atomic mass is 16.5. The minimum absolute atomic E-state index is 0.201. The molecule has 0 fully saturated rings. The van der Waals surface area contributed by atoms with E-state index in [1.54, 1.807) is 6.07 Å². The van der Waals surface area contributed by atoms with Gasteiger partial charge in [0.05, 0.1) is 0 Å². The zero-order valence-electron chi connectivity index (χ0n) is 8.23. The van der Waals surface area contributed by atoms with Crippen LogP contribution in [0.5, 0.6) is 0 Å². The van der Waals surface area contributed by atoms with E-state index < -0.39 is 17.6 Å². The Morgan fingerprint density at radius 2 is 2.07 bits per heavy atom. The number of carbonyl (C=O) groups is 1. The molecule has 78 valence electrons. The normalized spacial score (nSPS) is 20.6. The summed E-state index contributed by atoms with van der Waals surface area (Å²) in [6.45, 7) is 1.87. The molecule has 0 aliphatic carbocycles. The summed E-state index contributed by atoms with van der Waals surface area (Å²) in [4.78, 5) is 11.6. The van der Waals surface area contributed by atoms with Crippen LogP contribution in [0.2, 0.25) is 0 Å². The smallest absolute Gasteiger partial charge is 0.247 e. The molecule has 1 heterocycles. The highest BCUT2D eigenvalue weighted by Gasteiger charge is 2.35. The number of aliphatic hydroxyl groups excluding tert-OH is 1. The quantitative estimate of drug-likeness (QED) is 0.725. The van der Waals surface area contributed by atoms with Crippen molar-refractivity contribution in [3.05, 3.63) is 47.0 Å². The Labute approximate surface area is 87.0 Å². The van der Waals surface area contributed by atoms with Crippen LogP contribution in [0.25, 0.3) is 0 Å². The fourth-order valence-electron chi connectivity index (χ4n) is 1.57. The van der Waals surface area contributed by atoms with Crippen LogP contribution in [0.15, 0.2) is 35.9 Å². The molecule has 0 saturated heterocycles. The molecule has 0 aromatic heterocycles. The summed E-state index contributed by atoms with van der Waals surface area (Å²) in [6.07, 6.45) is -0.800. The van der Waals surface area contributed by atoms with Crippen LogP contribution in [-0.2, 0) is 9.53 Å². The van der Waals surface area contributed by atoms with Crippen molar-refractivity contribution in [3.63, 3.8) is 0 Å². The van der Waals surface area contributed by atoms with E-state index in [9.17, 15) is 9.90 Å². The van der Waals surface area contributed by atoms with E-state index in [1.165, 1.54) is 0 Å². The Morgan fingerprint density at radius 1 is 1.40 bits per heavy atom. The lowest BCUT2D eigenvalue weighted by molar-refractivity contribution is -0.123. The van der Waals surface area contributed by atoms with Crippen LogP contribution in [0.1, 0.15) is 17.2 Å². The topological polar surface area (TPSA) is 72.6 Å². The fraction of sp³-hybridized carbons (Fsp3) is 0.182. The third-order valence-electron chi connectivity index (χ3n) is 2.42. The molecule has 1 aromatic rings. The van der Waals surface area contributed by atoms with Crippen molar-refractivity contribution in [2.75, 3.05) is 0 Å². The summed E-state index contributed by atoms with van der Waals surface area (Å²) in [5.41, 5.74) is 6.99. The molecule has 1 aromatic carbocycles. The van der Waals surface area contributed by atoms with Gasteiger partial charge < -0.3 is 15.6 Å². The molecule has 0 radical (unpaired) electrons. The zero-order valence-corrected chi connectivity index (χ0v) is 8.23. The molecule has 2 rings (SSSR count). The highest BCUT2D eigenvalue weighted by Crippen LogP contribution is 2.31. The summed E-state index contributed by atoms with van der Waals surface area (Å²) < 4.78 is 5.11. The van der Waals surface area contributed by atoms with Gasteiger partial charge in [0.2, 0.25) is 17.4 Å². The van der Waals surface area contributed by atoms with Crippen LogP contribution >= 0.6 is 0 Å². The van der Waals surface area contributed by atoms with Gasteiger partial charge in [-0.05, 0) is 12.5 Å². The number of carbonyl (C=O) groups excluding carboxylic acids is 1. The van der Waals surface area contributed by atoms with Crippen LogP contribution in [0.3, 0.4) is 0 Å². The van der Waals surface area contributed by atoms with E-state index in [2.05, 4.69) is 0 Å². The molecular formula is C11H11NO3. The lowest BCUT2D eigenvalue weighted by Crippen LogP contribution is -2.11. The summed E-state index contributed by atoms with van der Waals surface area (Å²) >= 11 is 0. The lowest BCUT2D eigenvalue weighted by Gasteiger charge is -2.12. The molecular weight excluding hydrogens is 194 g/mol. The second-order valence-corrected chi connectivity index (χ2v) is 3.43. The molecule has 1 aliphatic heterocycles. The maximum Gasteiger partial charge on any atom is 0.247 e. The van der Waals surface area contributed by atoms with Crippen LogP contribution < -0.4 is 5.73 Å². The van der Waals surface area contributed by atoms with Crippen molar-refractivity contribution in [2.24, 2.45) is 5.73 Å². The molecule has 15 heavy (non-hydrogen) atoms. The van der Waals surface area contributed by atoms with Gasteiger partial charge in [-0.1, -0.05) is 24.3 Å². The lowest BCUT2D eigenvalue weighted by atomic mass is 10.0. The van der Waals surface area contributed by atoms with Crippen molar-refractivity contribution in [1.82, 2.24) is 0 Å². The number of Topliss-reactive ketones (excluding diaryl/α,β-unsaturated/α-hetero) is 1. The molecule has 3 N–H and O–H groups in total. The molecule has 1 unspecified atom stereocenters. The van der Waals surface area contributed by atoms with Crippen molar-refractivity contribution in [2.45, 2.75) is 13.0 Å². The highest BCUT2D eigenvalue weighted by molar-refractivity contribution is 5.99. The number of aliphatic hydroxyl groups is 1. The van der Waals surface area contributed by atoms with Gasteiger partial charge in [-0.25, -0.2) is 0 Å². The third kappa shape index (κ3) is 1.44. The Balaban J connectivity index is 2.37. The Morgan fingerprint density at radius 3 is 2.60 bits per heavy atom. The minimum Gasteiger partial charge on any atom is -0.501 e. The number of ether oxygens (including phenoxy) is 1. The fourth-order valence-corrected chi connectivity index (χ4v) is 1.57. The van der Waals surface area contributed by atoms with E-state index in [1.807, 2.05) is 25.1 Å². The maximum atomic E-state index is 11.6. The van der Waals surface area contributed by atoms with Gasteiger partial charge in [0.1, 0.15) is 0 Å². The van der Waals surface area contributed by atoms with Gasteiger partial charge in [-0.15, -0.1) is 0 Å². The van der Waals surface area contributed by atoms with Crippen LogP contribution in [0, 0.1) is 6.92 Å². The molecule has 4 nitrogen and oxygen atoms in total. The van der Waals surface area contributed by atoms with Gasteiger partial charge in [0.25, 0.3) is 0 Å². The molecule has 0 saturated carbocycles. The molecule has 1 atom stereocenters. The van der Waals surface area contributed by atoms with Gasteiger partial charge in [0.15, 0.2) is 6.10 Å². The zero-order chi connectivity index (χ0) is 11.0. The summed E-state index contributed by atoms with van der Waals surface area (Å²) in [5, 5.41) is 9.27.